The first-order chi connectivity index (χ1) is 7.68. The molecule has 1 N–H and O–H groups in total. The molecule has 86 valence electrons. The Balaban J connectivity index is 2.08. The van der Waals surface area contributed by atoms with Gasteiger partial charge in [-0.05, 0) is 25.8 Å². The number of aliphatic carboxylic acids is 1. The average Bonchev–Trinajstić information content (AvgIpc) is 2.30. The third-order valence-electron chi connectivity index (χ3n) is 3.09. The number of hydrogen-bond donors (Lipinski definition) is 1. The van der Waals surface area contributed by atoms with Crippen LogP contribution in [0.2, 0.25) is 0 Å². The van der Waals surface area contributed by atoms with Gasteiger partial charge >= 0.3 is 5.97 Å². The summed E-state index contributed by atoms with van der Waals surface area (Å²) >= 11 is 0. The third kappa shape index (κ3) is 2.13. The lowest BCUT2D eigenvalue weighted by Crippen LogP contribution is -2.43. The molecule has 0 spiro atoms. The first-order valence-electron chi connectivity index (χ1n) is 5.44. The van der Waals surface area contributed by atoms with Crippen LogP contribution in [-0.2, 0) is 4.79 Å². The van der Waals surface area contributed by atoms with Gasteiger partial charge in [0.2, 0.25) is 0 Å². The summed E-state index contributed by atoms with van der Waals surface area (Å²) in [5, 5.41) is 8.97. The molecule has 1 aliphatic rings. The summed E-state index contributed by atoms with van der Waals surface area (Å²) in [6.45, 7) is 2.78. The molecule has 1 saturated heterocycles. The summed E-state index contributed by atoms with van der Waals surface area (Å²) in [6.07, 6.45) is 4.59. The number of hydrogen-bond acceptors (Lipinski definition) is 4. The van der Waals surface area contributed by atoms with Crippen LogP contribution < -0.4 is 4.90 Å². The highest BCUT2D eigenvalue weighted by molar-refractivity contribution is 5.70. The molecule has 5 nitrogen and oxygen atoms in total. The van der Waals surface area contributed by atoms with E-state index in [-0.39, 0.29) is 12.0 Å². The van der Waals surface area contributed by atoms with E-state index in [1.807, 2.05) is 13.0 Å². The zero-order valence-electron chi connectivity index (χ0n) is 9.21. The van der Waals surface area contributed by atoms with Gasteiger partial charge in [-0.1, -0.05) is 0 Å². The van der Waals surface area contributed by atoms with Gasteiger partial charge in [0.1, 0.15) is 12.1 Å². The van der Waals surface area contributed by atoms with Gasteiger partial charge in [-0.2, -0.15) is 0 Å². The fraction of sp³-hybridized carbons (Fsp3) is 0.545. The number of carbonyl (C=O) groups is 1. The SMILES string of the molecule is CC1CC(C(=O)O)CCN1c1ccncn1. The third-order valence-corrected chi connectivity index (χ3v) is 3.09. The first kappa shape index (κ1) is 10.9. The van der Waals surface area contributed by atoms with Crippen LogP contribution in [0.1, 0.15) is 19.8 Å². The Morgan fingerprint density at radius 3 is 3.00 bits per heavy atom. The standard InChI is InChI=1S/C11H15N3O2/c1-8-6-9(11(15)16)3-5-14(8)10-2-4-12-7-13-10/h2,4,7-9H,3,5-6H2,1H3,(H,15,16). The molecule has 2 unspecified atom stereocenters. The van der Waals surface area contributed by atoms with Crippen LogP contribution >= 0.6 is 0 Å². The molecule has 1 aromatic heterocycles. The van der Waals surface area contributed by atoms with E-state index >= 15 is 0 Å². The lowest BCUT2D eigenvalue weighted by Gasteiger charge is -2.36. The Hall–Kier alpha value is -1.65. The second kappa shape index (κ2) is 4.47. The fourth-order valence-electron chi connectivity index (χ4n) is 2.19. The highest BCUT2D eigenvalue weighted by Gasteiger charge is 2.30. The Morgan fingerprint density at radius 1 is 1.62 bits per heavy atom. The average molecular weight is 221 g/mol. The predicted molar refractivity (Wildman–Crippen MR) is 59.2 cm³/mol. The Kier molecular flexibility index (Phi) is 3.03. The second-order valence-electron chi connectivity index (χ2n) is 4.17. The molecule has 0 saturated carbocycles. The lowest BCUT2D eigenvalue weighted by atomic mass is 9.92. The van der Waals surface area contributed by atoms with Crippen LogP contribution in [0.5, 0.6) is 0 Å². The predicted octanol–water partition coefficient (Wildman–Crippen LogP) is 1.17. The smallest absolute Gasteiger partial charge is 0.306 e. The maximum atomic E-state index is 10.9. The molecule has 0 bridgehead atoms. The van der Waals surface area contributed by atoms with Gasteiger partial charge in [-0.25, -0.2) is 9.97 Å². The summed E-state index contributed by atoms with van der Waals surface area (Å²) in [5.74, 6) is -0.0198. The molecule has 2 atom stereocenters. The maximum absolute atomic E-state index is 10.9. The minimum Gasteiger partial charge on any atom is -0.481 e. The molecule has 2 rings (SSSR count). The molecule has 0 radical (unpaired) electrons. The van der Waals surface area contributed by atoms with Gasteiger partial charge in [0.25, 0.3) is 0 Å². The molecule has 1 aromatic rings. The normalized spacial score (nSPS) is 25.4. The van der Waals surface area contributed by atoms with Gasteiger partial charge in [-0.15, -0.1) is 0 Å². The first-order valence-corrected chi connectivity index (χ1v) is 5.44. The van der Waals surface area contributed by atoms with Crippen molar-refractivity contribution in [2.75, 3.05) is 11.4 Å². The van der Waals surface area contributed by atoms with Crippen molar-refractivity contribution >= 4 is 11.8 Å². The molecule has 0 aliphatic carbocycles. The fourth-order valence-corrected chi connectivity index (χ4v) is 2.19. The molecule has 5 heteroatoms. The zero-order valence-corrected chi connectivity index (χ0v) is 9.21. The molecule has 16 heavy (non-hydrogen) atoms. The van der Waals surface area contributed by atoms with Crippen LogP contribution in [0.4, 0.5) is 5.82 Å². The molecular formula is C11H15N3O2. The van der Waals surface area contributed by atoms with Gasteiger partial charge in [0.05, 0.1) is 5.92 Å². The van der Waals surface area contributed by atoms with Gasteiger partial charge in [-0.3, -0.25) is 4.79 Å². The van der Waals surface area contributed by atoms with Crippen LogP contribution in [0.3, 0.4) is 0 Å². The minimum absolute atomic E-state index is 0.213. The van der Waals surface area contributed by atoms with Crippen molar-refractivity contribution in [2.45, 2.75) is 25.8 Å². The van der Waals surface area contributed by atoms with Crippen molar-refractivity contribution in [3.05, 3.63) is 18.6 Å². The summed E-state index contributed by atoms with van der Waals surface area (Å²) in [6, 6.07) is 2.07. The molecule has 0 aromatic carbocycles. The number of nitrogens with zero attached hydrogens (tertiary/aromatic N) is 3. The van der Waals surface area contributed by atoms with E-state index in [1.165, 1.54) is 6.33 Å². The van der Waals surface area contributed by atoms with E-state index in [2.05, 4.69) is 14.9 Å². The van der Waals surface area contributed by atoms with Crippen LogP contribution in [0, 0.1) is 5.92 Å². The minimum atomic E-state index is -0.686. The van der Waals surface area contributed by atoms with Crippen molar-refractivity contribution in [2.24, 2.45) is 5.92 Å². The van der Waals surface area contributed by atoms with E-state index in [4.69, 9.17) is 5.11 Å². The number of anilines is 1. The number of carboxylic acid groups (broad SMARTS) is 1. The summed E-state index contributed by atoms with van der Waals surface area (Å²) in [5.41, 5.74) is 0. The molecule has 2 heterocycles. The number of piperidine rings is 1. The molecule has 1 fully saturated rings. The van der Waals surface area contributed by atoms with E-state index in [9.17, 15) is 4.79 Å². The van der Waals surface area contributed by atoms with Gasteiger partial charge in [0, 0.05) is 18.8 Å². The summed E-state index contributed by atoms with van der Waals surface area (Å²) in [7, 11) is 0. The van der Waals surface area contributed by atoms with Crippen molar-refractivity contribution < 1.29 is 9.90 Å². The monoisotopic (exact) mass is 221 g/mol. The number of aromatic nitrogens is 2. The van der Waals surface area contributed by atoms with Gasteiger partial charge in [0.15, 0.2) is 0 Å². The van der Waals surface area contributed by atoms with Crippen molar-refractivity contribution in [1.82, 2.24) is 9.97 Å². The summed E-state index contributed by atoms with van der Waals surface area (Å²) < 4.78 is 0. The number of rotatable bonds is 2. The second-order valence-corrected chi connectivity index (χ2v) is 4.17. The highest BCUT2D eigenvalue weighted by Crippen LogP contribution is 2.26. The Bertz CT molecular complexity index is 369. The maximum Gasteiger partial charge on any atom is 0.306 e. The highest BCUT2D eigenvalue weighted by atomic mass is 16.4. The molecule has 0 amide bonds. The van der Waals surface area contributed by atoms with E-state index < -0.39 is 5.97 Å². The quantitative estimate of drug-likeness (QED) is 0.811. The Morgan fingerprint density at radius 2 is 2.44 bits per heavy atom. The van der Waals surface area contributed by atoms with E-state index in [1.54, 1.807) is 6.20 Å². The lowest BCUT2D eigenvalue weighted by molar-refractivity contribution is -0.142. The van der Waals surface area contributed by atoms with Crippen LogP contribution in [0.25, 0.3) is 0 Å². The largest absolute Gasteiger partial charge is 0.481 e. The molecule has 1 aliphatic heterocycles. The van der Waals surface area contributed by atoms with Crippen molar-refractivity contribution in [1.29, 1.82) is 0 Å². The van der Waals surface area contributed by atoms with Gasteiger partial charge < -0.3 is 10.0 Å². The van der Waals surface area contributed by atoms with E-state index in [0.29, 0.717) is 12.8 Å². The van der Waals surface area contributed by atoms with E-state index in [0.717, 1.165) is 12.4 Å². The zero-order chi connectivity index (χ0) is 11.5. The Labute approximate surface area is 94.1 Å². The molecular weight excluding hydrogens is 206 g/mol. The van der Waals surface area contributed by atoms with Crippen molar-refractivity contribution in [3.8, 4) is 0 Å². The van der Waals surface area contributed by atoms with Crippen LogP contribution in [-0.4, -0.2) is 33.6 Å². The number of carboxylic acids is 1. The van der Waals surface area contributed by atoms with Crippen molar-refractivity contribution in [3.63, 3.8) is 0 Å². The topological polar surface area (TPSA) is 66.3 Å². The summed E-state index contributed by atoms with van der Waals surface area (Å²) in [4.78, 5) is 21.1. The van der Waals surface area contributed by atoms with Crippen LogP contribution in [0.15, 0.2) is 18.6 Å².